The summed E-state index contributed by atoms with van der Waals surface area (Å²) in [5, 5.41) is 0. The maximum atomic E-state index is 11.4. The predicted octanol–water partition coefficient (Wildman–Crippen LogP) is 2.46. The topological polar surface area (TPSA) is 39.2 Å². The average molecular weight is 233 g/mol. The van der Waals surface area contributed by atoms with Crippen molar-refractivity contribution >= 4 is 5.97 Å². The lowest BCUT2D eigenvalue weighted by Crippen LogP contribution is -2.09. The molecule has 0 N–H and O–H groups in total. The predicted molar refractivity (Wildman–Crippen MR) is 65.8 cm³/mol. The van der Waals surface area contributed by atoms with Gasteiger partial charge in [0, 0.05) is 6.20 Å². The van der Waals surface area contributed by atoms with Crippen LogP contribution >= 0.6 is 0 Å². The van der Waals surface area contributed by atoms with Crippen molar-refractivity contribution in [2.45, 2.75) is 45.4 Å². The van der Waals surface area contributed by atoms with Crippen LogP contribution < -0.4 is 0 Å². The van der Waals surface area contributed by atoms with E-state index in [1.54, 1.807) is 0 Å². The Kier molecular flexibility index (Phi) is 4.13. The fourth-order valence-electron chi connectivity index (χ4n) is 2.30. The Morgan fingerprint density at radius 1 is 1.29 bits per heavy atom. The molecule has 0 spiro atoms. The first-order chi connectivity index (χ1) is 8.29. The number of nitrogens with zero attached hydrogens (tertiary/aromatic N) is 1. The van der Waals surface area contributed by atoms with Crippen LogP contribution in [0.3, 0.4) is 0 Å². The summed E-state index contributed by atoms with van der Waals surface area (Å²) >= 11 is 0. The van der Waals surface area contributed by atoms with Gasteiger partial charge in [-0.2, -0.15) is 0 Å². The maximum absolute atomic E-state index is 11.4. The number of pyridine rings is 1. The normalized spacial score (nSPS) is 14.9. The molecule has 0 aliphatic heterocycles. The molecular formula is C14H19NO2. The van der Waals surface area contributed by atoms with Crippen molar-refractivity contribution in [2.75, 3.05) is 6.61 Å². The van der Waals surface area contributed by atoms with Crippen LogP contribution in [-0.2, 0) is 28.8 Å². The Balaban J connectivity index is 2.09. The summed E-state index contributed by atoms with van der Waals surface area (Å²) in [4.78, 5) is 15.7. The molecule has 0 unspecified atom stereocenters. The van der Waals surface area contributed by atoms with Crippen molar-refractivity contribution in [1.82, 2.24) is 4.98 Å². The SMILES string of the molecule is CCOC(=O)Cc1cc2c(cn1)CCCCC2. The second kappa shape index (κ2) is 5.80. The van der Waals surface area contributed by atoms with E-state index in [1.807, 2.05) is 13.1 Å². The zero-order valence-corrected chi connectivity index (χ0v) is 10.4. The number of aromatic nitrogens is 1. The van der Waals surface area contributed by atoms with Crippen molar-refractivity contribution in [3.63, 3.8) is 0 Å². The fraction of sp³-hybridized carbons (Fsp3) is 0.571. The second-order valence-electron chi connectivity index (χ2n) is 4.49. The molecule has 17 heavy (non-hydrogen) atoms. The van der Waals surface area contributed by atoms with Crippen molar-refractivity contribution in [1.29, 1.82) is 0 Å². The molecule has 0 aromatic carbocycles. The van der Waals surface area contributed by atoms with Crippen LogP contribution in [0.2, 0.25) is 0 Å². The molecule has 1 aromatic heterocycles. The van der Waals surface area contributed by atoms with Gasteiger partial charge in [0.15, 0.2) is 0 Å². The van der Waals surface area contributed by atoms with Crippen LogP contribution in [0.1, 0.15) is 43.0 Å². The molecule has 0 bridgehead atoms. The van der Waals surface area contributed by atoms with E-state index in [2.05, 4.69) is 11.1 Å². The van der Waals surface area contributed by atoms with E-state index in [-0.39, 0.29) is 5.97 Å². The smallest absolute Gasteiger partial charge is 0.311 e. The Bertz CT molecular complexity index is 401. The summed E-state index contributed by atoms with van der Waals surface area (Å²) in [7, 11) is 0. The number of carbonyl (C=O) groups is 1. The van der Waals surface area contributed by atoms with Crippen LogP contribution in [0.15, 0.2) is 12.3 Å². The lowest BCUT2D eigenvalue weighted by Gasteiger charge is -2.07. The highest BCUT2D eigenvalue weighted by molar-refractivity contribution is 5.72. The van der Waals surface area contributed by atoms with E-state index in [1.165, 1.54) is 30.4 Å². The number of esters is 1. The Hall–Kier alpha value is -1.38. The lowest BCUT2D eigenvalue weighted by atomic mass is 10.0. The number of rotatable bonds is 3. The minimum Gasteiger partial charge on any atom is -0.466 e. The van der Waals surface area contributed by atoms with E-state index in [4.69, 9.17) is 4.74 Å². The minimum absolute atomic E-state index is 0.187. The highest BCUT2D eigenvalue weighted by Crippen LogP contribution is 2.20. The third-order valence-corrected chi connectivity index (χ3v) is 3.16. The standard InChI is InChI=1S/C14H19NO2/c1-2-17-14(16)9-13-8-11-6-4-3-5-7-12(11)10-15-13/h8,10H,2-7,9H2,1H3. The Morgan fingerprint density at radius 2 is 2.06 bits per heavy atom. The Labute approximate surface area is 102 Å². The highest BCUT2D eigenvalue weighted by atomic mass is 16.5. The van der Waals surface area contributed by atoms with Gasteiger partial charge in [-0.3, -0.25) is 9.78 Å². The number of carbonyl (C=O) groups excluding carboxylic acids is 1. The first-order valence-corrected chi connectivity index (χ1v) is 6.42. The molecule has 1 aliphatic carbocycles. The van der Waals surface area contributed by atoms with Crippen LogP contribution in [-0.4, -0.2) is 17.6 Å². The third-order valence-electron chi connectivity index (χ3n) is 3.16. The molecule has 3 nitrogen and oxygen atoms in total. The molecule has 92 valence electrons. The largest absolute Gasteiger partial charge is 0.466 e. The first kappa shape index (κ1) is 12.1. The van der Waals surface area contributed by atoms with Gasteiger partial charge in [-0.05, 0) is 49.8 Å². The number of aryl methyl sites for hydroxylation is 2. The second-order valence-corrected chi connectivity index (χ2v) is 4.49. The minimum atomic E-state index is -0.187. The van der Waals surface area contributed by atoms with E-state index in [0.29, 0.717) is 13.0 Å². The van der Waals surface area contributed by atoms with Gasteiger partial charge in [-0.15, -0.1) is 0 Å². The first-order valence-electron chi connectivity index (χ1n) is 6.42. The van der Waals surface area contributed by atoms with Gasteiger partial charge in [-0.25, -0.2) is 0 Å². The zero-order valence-electron chi connectivity index (χ0n) is 10.4. The summed E-state index contributed by atoms with van der Waals surface area (Å²) < 4.78 is 4.94. The summed E-state index contributed by atoms with van der Waals surface area (Å²) in [6.07, 6.45) is 8.27. The van der Waals surface area contributed by atoms with Gasteiger partial charge in [-0.1, -0.05) is 6.42 Å². The lowest BCUT2D eigenvalue weighted by molar-refractivity contribution is -0.142. The van der Waals surface area contributed by atoms with E-state index >= 15 is 0 Å². The number of hydrogen-bond acceptors (Lipinski definition) is 3. The van der Waals surface area contributed by atoms with E-state index < -0.39 is 0 Å². The number of fused-ring (bicyclic) bond motifs is 1. The van der Waals surface area contributed by atoms with Crippen LogP contribution in [0, 0.1) is 0 Å². The summed E-state index contributed by atoms with van der Waals surface area (Å²) in [5.74, 6) is -0.187. The number of ether oxygens (including phenoxy) is 1. The Morgan fingerprint density at radius 3 is 2.82 bits per heavy atom. The van der Waals surface area contributed by atoms with Crippen molar-refractivity contribution in [3.05, 3.63) is 29.1 Å². The molecule has 0 radical (unpaired) electrons. The molecule has 0 atom stereocenters. The molecule has 0 saturated heterocycles. The molecule has 3 heteroatoms. The average Bonchev–Trinajstić information content (AvgIpc) is 2.53. The van der Waals surface area contributed by atoms with Gasteiger partial charge in [0.2, 0.25) is 0 Å². The van der Waals surface area contributed by atoms with E-state index in [9.17, 15) is 4.79 Å². The van der Waals surface area contributed by atoms with Crippen LogP contribution in [0.4, 0.5) is 0 Å². The number of hydrogen-bond donors (Lipinski definition) is 0. The summed E-state index contributed by atoms with van der Waals surface area (Å²) in [6, 6.07) is 2.08. The molecule has 0 fully saturated rings. The van der Waals surface area contributed by atoms with E-state index in [0.717, 1.165) is 18.5 Å². The van der Waals surface area contributed by atoms with Crippen molar-refractivity contribution < 1.29 is 9.53 Å². The van der Waals surface area contributed by atoms with Gasteiger partial charge < -0.3 is 4.74 Å². The van der Waals surface area contributed by atoms with Gasteiger partial charge >= 0.3 is 5.97 Å². The van der Waals surface area contributed by atoms with Gasteiger partial charge in [0.25, 0.3) is 0 Å². The van der Waals surface area contributed by atoms with Crippen molar-refractivity contribution in [3.8, 4) is 0 Å². The molecule has 0 amide bonds. The summed E-state index contributed by atoms with van der Waals surface area (Å²) in [6.45, 7) is 2.26. The van der Waals surface area contributed by atoms with Gasteiger partial charge in [0.1, 0.15) is 0 Å². The fourth-order valence-corrected chi connectivity index (χ4v) is 2.30. The van der Waals surface area contributed by atoms with Crippen LogP contribution in [0.25, 0.3) is 0 Å². The maximum Gasteiger partial charge on any atom is 0.311 e. The molecule has 1 aromatic rings. The molecule has 1 heterocycles. The quantitative estimate of drug-likeness (QED) is 0.594. The van der Waals surface area contributed by atoms with Gasteiger partial charge in [0.05, 0.1) is 18.7 Å². The molecule has 1 aliphatic rings. The van der Waals surface area contributed by atoms with Crippen LogP contribution in [0.5, 0.6) is 0 Å². The molecular weight excluding hydrogens is 214 g/mol. The monoisotopic (exact) mass is 233 g/mol. The molecule has 0 saturated carbocycles. The summed E-state index contributed by atoms with van der Waals surface area (Å²) in [5.41, 5.74) is 3.57. The zero-order chi connectivity index (χ0) is 12.1. The molecule has 2 rings (SSSR count). The third kappa shape index (κ3) is 3.29. The van der Waals surface area contributed by atoms with Crippen molar-refractivity contribution in [2.24, 2.45) is 0 Å². The highest BCUT2D eigenvalue weighted by Gasteiger charge is 2.11.